The van der Waals surface area contributed by atoms with E-state index in [9.17, 15) is 18.0 Å². The number of sulfonamides is 1. The molecule has 30 heavy (non-hydrogen) atoms. The molecule has 1 aromatic carbocycles. The highest BCUT2D eigenvalue weighted by Gasteiger charge is 2.39. The van der Waals surface area contributed by atoms with E-state index in [0.717, 1.165) is 29.4 Å². The van der Waals surface area contributed by atoms with E-state index in [4.69, 9.17) is 0 Å². The average molecular weight is 435 g/mol. The molecule has 9 heteroatoms. The minimum absolute atomic E-state index is 0.0365. The molecular formula is C21H30N4O4S. The monoisotopic (exact) mass is 434 g/mol. The molecule has 2 N–H and O–H groups in total. The van der Waals surface area contributed by atoms with Crippen molar-refractivity contribution in [2.75, 3.05) is 20.1 Å². The molecule has 2 aliphatic rings. The van der Waals surface area contributed by atoms with Crippen molar-refractivity contribution in [2.45, 2.75) is 50.6 Å². The lowest BCUT2D eigenvalue weighted by atomic mass is 9.79. The van der Waals surface area contributed by atoms with Gasteiger partial charge in [0, 0.05) is 25.0 Å². The molecule has 2 atom stereocenters. The van der Waals surface area contributed by atoms with Crippen LogP contribution in [0.15, 0.2) is 41.6 Å². The first-order chi connectivity index (χ1) is 14.0. The van der Waals surface area contributed by atoms with Crippen molar-refractivity contribution in [3.8, 4) is 0 Å². The number of aryl methyl sites for hydroxylation is 1. The Morgan fingerprint density at radius 1 is 1.27 bits per heavy atom. The molecule has 0 unspecified atom stereocenters. The molecule has 0 aliphatic carbocycles. The van der Waals surface area contributed by atoms with E-state index in [1.807, 2.05) is 14.0 Å². The van der Waals surface area contributed by atoms with Crippen LogP contribution in [0, 0.1) is 12.3 Å². The van der Waals surface area contributed by atoms with Gasteiger partial charge in [0.2, 0.25) is 11.8 Å². The Kier molecular flexibility index (Phi) is 6.24. The summed E-state index contributed by atoms with van der Waals surface area (Å²) in [6, 6.07) is 5.22. The molecule has 0 spiro atoms. The van der Waals surface area contributed by atoms with Crippen LogP contribution in [-0.4, -0.2) is 61.7 Å². The van der Waals surface area contributed by atoms with E-state index in [2.05, 4.69) is 29.4 Å². The van der Waals surface area contributed by atoms with Crippen LogP contribution in [0.1, 0.15) is 32.3 Å². The zero-order chi connectivity index (χ0) is 22.1. The molecule has 1 aromatic rings. The van der Waals surface area contributed by atoms with Crippen molar-refractivity contribution in [3.63, 3.8) is 0 Å². The summed E-state index contributed by atoms with van der Waals surface area (Å²) in [6.07, 6.45) is 3.14. The summed E-state index contributed by atoms with van der Waals surface area (Å²) >= 11 is 0. The maximum absolute atomic E-state index is 13.1. The summed E-state index contributed by atoms with van der Waals surface area (Å²) in [7, 11) is -1.92. The van der Waals surface area contributed by atoms with Gasteiger partial charge in [-0.2, -0.15) is 0 Å². The van der Waals surface area contributed by atoms with Gasteiger partial charge in [-0.25, -0.2) is 8.42 Å². The number of likely N-dealkylation sites (tertiary alicyclic amines) is 1. The lowest BCUT2D eigenvalue weighted by molar-refractivity contribution is -0.130. The summed E-state index contributed by atoms with van der Waals surface area (Å²) in [4.78, 5) is 27.6. The third-order valence-corrected chi connectivity index (χ3v) is 7.59. The molecule has 2 heterocycles. The molecule has 164 valence electrons. The van der Waals surface area contributed by atoms with E-state index in [-0.39, 0.29) is 28.7 Å². The van der Waals surface area contributed by atoms with E-state index in [1.165, 1.54) is 24.5 Å². The van der Waals surface area contributed by atoms with Crippen molar-refractivity contribution in [3.05, 3.63) is 42.2 Å². The molecule has 8 nitrogen and oxygen atoms in total. The fourth-order valence-electron chi connectivity index (χ4n) is 4.09. The van der Waals surface area contributed by atoms with Gasteiger partial charge in [0.15, 0.2) is 0 Å². The Morgan fingerprint density at radius 3 is 2.57 bits per heavy atom. The van der Waals surface area contributed by atoms with Crippen LogP contribution in [0.25, 0.3) is 0 Å². The average Bonchev–Trinajstić information content (AvgIpc) is 2.65. The molecule has 0 aromatic heterocycles. The molecule has 2 amide bonds. The second kappa shape index (κ2) is 8.39. The Labute approximate surface area is 178 Å². The lowest BCUT2D eigenvalue weighted by Crippen LogP contribution is -2.56. The van der Waals surface area contributed by atoms with E-state index in [1.54, 1.807) is 12.1 Å². The maximum Gasteiger partial charge on any atom is 0.264 e. The van der Waals surface area contributed by atoms with Crippen molar-refractivity contribution in [1.29, 1.82) is 0 Å². The first-order valence-electron chi connectivity index (χ1n) is 10.1. The Hall–Kier alpha value is -2.39. The Morgan fingerprint density at radius 2 is 1.93 bits per heavy atom. The quantitative estimate of drug-likeness (QED) is 0.725. The normalized spacial score (nSPS) is 24.4. The van der Waals surface area contributed by atoms with Gasteiger partial charge in [-0.3, -0.25) is 13.9 Å². The van der Waals surface area contributed by atoms with Gasteiger partial charge in [-0.1, -0.05) is 31.5 Å². The molecule has 1 fully saturated rings. The summed E-state index contributed by atoms with van der Waals surface area (Å²) < 4.78 is 27.2. The maximum atomic E-state index is 13.1. The molecule has 0 radical (unpaired) electrons. The molecule has 1 saturated heterocycles. The van der Waals surface area contributed by atoms with Gasteiger partial charge in [-0.15, -0.1) is 0 Å². The SMILES string of the molecule is Cc1ccc(S(=O)(=O)N2C=CNC(=O)[C@H]2CC(=O)N[C@@H]2CCN(C)CC2(C)C)cc1. The summed E-state index contributed by atoms with van der Waals surface area (Å²) in [6.45, 7) is 7.77. The smallest absolute Gasteiger partial charge is 0.264 e. The largest absolute Gasteiger partial charge is 0.353 e. The second-order valence-corrected chi connectivity index (χ2v) is 10.7. The van der Waals surface area contributed by atoms with Crippen molar-refractivity contribution < 1.29 is 18.0 Å². The van der Waals surface area contributed by atoms with E-state index in [0.29, 0.717) is 0 Å². The second-order valence-electron chi connectivity index (χ2n) is 8.83. The van der Waals surface area contributed by atoms with Crippen molar-refractivity contribution in [1.82, 2.24) is 19.8 Å². The lowest BCUT2D eigenvalue weighted by Gasteiger charge is -2.43. The Balaban J connectivity index is 1.77. The number of carbonyl (C=O) groups excluding carboxylic acids is 2. The fraction of sp³-hybridized carbons (Fsp3) is 0.524. The van der Waals surface area contributed by atoms with Crippen LogP contribution in [0.5, 0.6) is 0 Å². The minimum atomic E-state index is -3.97. The Bertz CT molecular complexity index is 940. The number of carbonyl (C=O) groups is 2. The van der Waals surface area contributed by atoms with Crippen LogP contribution in [0.2, 0.25) is 0 Å². The van der Waals surface area contributed by atoms with E-state index >= 15 is 0 Å². The van der Waals surface area contributed by atoms with Crippen LogP contribution in [0.4, 0.5) is 0 Å². The van der Waals surface area contributed by atoms with Crippen molar-refractivity contribution >= 4 is 21.8 Å². The van der Waals surface area contributed by atoms with Crippen LogP contribution in [-0.2, 0) is 19.6 Å². The fourth-order valence-corrected chi connectivity index (χ4v) is 5.54. The van der Waals surface area contributed by atoms with Crippen LogP contribution < -0.4 is 10.6 Å². The molecule has 2 aliphatic heterocycles. The number of piperidine rings is 1. The highest BCUT2D eigenvalue weighted by atomic mass is 32.2. The number of rotatable bonds is 5. The third-order valence-electron chi connectivity index (χ3n) is 5.79. The van der Waals surface area contributed by atoms with Gasteiger partial charge >= 0.3 is 0 Å². The number of nitrogens with one attached hydrogen (secondary N) is 2. The third kappa shape index (κ3) is 4.67. The zero-order valence-electron chi connectivity index (χ0n) is 17.9. The molecular weight excluding hydrogens is 404 g/mol. The number of nitrogens with zero attached hydrogens (tertiary/aromatic N) is 2. The topological polar surface area (TPSA) is 98.8 Å². The number of benzene rings is 1. The highest BCUT2D eigenvalue weighted by Crippen LogP contribution is 2.29. The first-order valence-corrected chi connectivity index (χ1v) is 11.5. The van der Waals surface area contributed by atoms with Gasteiger partial charge in [0.1, 0.15) is 6.04 Å². The predicted octanol–water partition coefficient (Wildman–Crippen LogP) is 1.19. The van der Waals surface area contributed by atoms with Crippen LogP contribution >= 0.6 is 0 Å². The summed E-state index contributed by atoms with van der Waals surface area (Å²) in [5, 5.41) is 5.54. The number of hydrogen-bond acceptors (Lipinski definition) is 5. The molecule has 0 bridgehead atoms. The number of hydrogen-bond donors (Lipinski definition) is 2. The standard InChI is InChI=1S/C21H30N4O4S/c1-15-5-7-16(8-6-15)30(28,29)25-12-10-22-20(27)17(25)13-19(26)23-18-9-11-24(4)14-21(18,2)3/h5-8,10,12,17-18H,9,11,13-14H2,1-4H3,(H,22,27)(H,23,26)/t17-,18-/m1/s1. The predicted molar refractivity (Wildman–Crippen MR) is 114 cm³/mol. The zero-order valence-corrected chi connectivity index (χ0v) is 18.7. The summed E-state index contributed by atoms with van der Waals surface area (Å²) in [5.74, 6) is -0.858. The molecule has 0 saturated carbocycles. The van der Waals surface area contributed by atoms with Gasteiger partial charge in [0.05, 0.1) is 11.3 Å². The molecule has 3 rings (SSSR count). The van der Waals surface area contributed by atoms with Gasteiger partial charge < -0.3 is 15.5 Å². The van der Waals surface area contributed by atoms with Crippen molar-refractivity contribution in [2.24, 2.45) is 5.41 Å². The van der Waals surface area contributed by atoms with E-state index < -0.39 is 22.0 Å². The van der Waals surface area contributed by atoms with Crippen LogP contribution in [0.3, 0.4) is 0 Å². The number of amides is 2. The minimum Gasteiger partial charge on any atom is -0.353 e. The van der Waals surface area contributed by atoms with Gasteiger partial charge in [-0.05, 0) is 44.5 Å². The van der Waals surface area contributed by atoms with Gasteiger partial charge in [0.25, 0.3) is 10.0 Å². The highest BCUT2D eigenvalue weighted by molar-refractivity contribution is 7.89. The summed E-state index contributed by atoms with van der Waals surface area (Å²) in [5.41, 5.74) is 0.808. The first kappa shape index (κ1) is 22.3.